The molecule has 2 aromatic rings. The molecule has 20 heavy (non-hydrogen) atoms. The van der Waals surface area contributed by atoms with Crippen LogP contribution in [0, 0.1) is 0 Å². The number of hydrogen-bond donors (Lipinski definition) is 2. The van der Waals surface area contributed by atoms with E-state index in [9.17, 15) is 8.42 Å². The van der Waals surface area contributed by atoms with Gasteiger partial charge in [-0.3, -0.25) is 0 Å². The highest BCUT2D eigenvalue weighted by molar-refractivity contribution is 7.89. The maximum atomic E-state index is 12.3. The Morgan fingerprint density at radius 1 is 1.45 bits per heavy atom. The number of fused-ring (bicyclic) bond motifs is 1. The topological polar surface area (TPSA) is 90.0 Å². The summed E-state index contributed by atoms with van der Waals surface area (Å²) >= 11 is 0. The van der Waals surface area contributed by atoms with Crippen LogP contribution in [0.1, 0.15) is 23.6 Å². The van der Waals surface area contributed by atoms with E-state index in [2.05, 4.69) is 9.71 Å². The van der Waals surface area contributed by atoms with Crippen molar-refractivity contribution in [2.45, 2.75) is 23.9 Å². The maximum absolute atomic E-state index is 12.3. The Bertz CT molecular complexity index is 751. The average Bonchev–Trinajstić information content (AvgIpc) is 2.96. The van der Waals surface area contributed by atoms with E-state index < -0.39 is 10.0 Å². The van der Waals surface area contributed by atoms with Gasteiger partial charge in [0.15, 0.2) is 5.03 Å². The van der Waals surface area contributed by atoms with Crippen LogP contribution in [-0.2, 0) is 23.5 Å². The molecule has 0 radical (unpaired) electrons. The molecular weight excluding hydrogens is 276 g/mol. The number of benzene rings is 1. The molecule has 1 heterocycles. The number of imidazole rings is 1. The van der Waals surface area contributed by atoms with Crippen LogP contribution < -0.4 is 10.5 Å². The lowest BCUT2D eigenvalue weighted by molar-refractivity contribution is 0.551. The van der Waals surface area contributed by atoms with Crippen LogP contribution in [0.15, 0.2) is 35.7 Å². The minimum atomic E-state index is -3.59. The Labute approximate surface area is 117 Å². The zero-order chi connectivity index (χ0) is 14.3. The average molecular weight is 292 g/mol. The summed E-state index contributed by atoms with van der Waals surface area (Å²) in [6.45, 7) is 0. The Morgan fingerprint density at radius 2 is 2.25 bits per heavy atom. The minimum absolute atomic E-state index is 0.0453. The molecule has 0 aliphatic heterocycles. The summed E-state index contributed by atoms with van der Waals surface area (Å²) in [5, 5.41) is 0.0453. The van der Waals surface area contributed by atoms with Gasteiger partial charge in [0.2, 0.25) is 0 Å². The van der Waals surface area contributed by atoms with Crippen LogP contribution in [0.2, 0.25) is 0 Å². The van der Waals surface area contributed by atoms with Crippen LogP contribution in [0.5, 0.6) is 0 Å². The minimum Gasteiger partial charge on any atom is -0.399 e. The second-order valence-corrected chi connectivity index (χ2v) is 6.71. The smallest absolute Gasteiger partial charge is 0.260 e. The van der Waals surface area contributed by atoms with Gasteiger partial charge in [-0.2, -0.15) is 0 Å². The molecule has 1 aliphatic rings. The van der Waals surface area contributed by atoms with Crippen molar-refractivity contribution in [1.82, 2.24) is 14.3 Å². The lowest BCUT2D eigenvalue weighted by Crippen LogP contribution is -2.27. The first-order valence-electron chi connectivity index (χ1n) is 6.34. The van der Waals surface area contributed by atoms with Crippen LogP contribution in [-0.4, -0.2) is 18.0 Å². The van der Waals surface area contributed by atoms with Crippen molar-refractivity contribution in [2.75, 3.05) is 5.73 Å². The Morgan fingerprint density at radius 3 is 2.95 bits per heavy atom. The highest BCUT2D eigenvalue weighted by Crippen LogP contribution is 2.33. The number of nitrogens with two attached hydrogens (primary N) is 1. The molecule has 1 unspecified atom stereocenters. The Kier molecular flexibility index (Phi) is 3.02. The van der Waals surface area contributed by atoms with Gasteiger partial charge >= 0.3 is 0 Å². The fraction of sp³-hybridized carbons (Fsp3) is 0.308. The number of nitrogens with one attached hydrogen (secondary N) is 1. The van der Waals surface area contributed by atoms with E-state index in [0.717, 1.165) is 24.0 Å². The third-order valence-corrected chi connectivity index (χ3v) is 4.86. The number of anilines is 1. The number of nitrogens with zero attached hydrogens (tertiary/aromatic N) is 2. The number of nitrogen functional groups attached to an aromatic ring is 1. The second kappa shape index (κ2) is 4.60. The van der Waals surface area contributed by atoms with E-state index in [1.807, 2.05) is 12.1 Å². The fourth-order valence-electron chi connectivity index (χ4n) is 2.54. The molecule has 1 aromatic carbocycles. The second-order valence-electron chi connectivity index (χ2n) is 5.05. The number of hydrogen-bond acceptors (Lipinski definition) is 4. The molecule has 106 valence electrons. The molecule has 0 amide bonds. The van der Waals surface area contributed by atoms with Crippen molar-refractivity contribution in [1.29, 1.82) is 0 Å². The van der Waals surface area contributed by atoms with Crippen molar-refractivity contribution in [3.05, 3.63) is 41.9 Å². The first-order valence-corrected chi connectivity index (χ1v) is 7.82. The lowest BCUT2D eigenvalue weighted by Gasteiger charge is -2.13. The van der Waals surface area contributed by atoms with Crippen molar-refractivity contribution in [3.63, 3.8) is 0 Å². The van der Waals surface area contributed by atoms with Crippen LogP contribution in [0.4, 0.5) is 5.69 Å². The third kappa shape index (κ3) is 2.30. The Balaban J connectivity index is 1.87. The summed E-state index contributed by atoms with van der Waals surface area (Å²) < 4.78 is 28.9. The van der Waals surface area contributed by atoms with Gasteiger partial charge in [-0.25, -0.2) is 18.1 Å². The van der Waals surface area contributed by atoms with Crippen molar-refractivity contribution in [3.8, 4) is 0 Å². The van der Waals surface area contributed by atoms with Crippen molar-refractivity contribution < 1.29 is 8.42 Å². The first-order chi connectivity index (χ1) is 9.45. The molecule has 0 bridgehead atoms. The predicted octanol–water partition coefficient (Wildman–Crippen LogP) is 0.968. The zero-order valence-electron chi connectivity index (χ0n) is 11.1. The number of aryl methyl sites for hydroxylation is 2. The van der Waals surface area contributed by atoms with Gasteiger partial charge in [-0.05, 0) is 36.1 Å². The highest BCUT2D eigenvalue weighted by atomic mass is 32.2. The zero-order valence-corrected chi connectivity index (χ0v) is 11.9. The highest BCUT2D eigenvalue weighted by Gasteiger charge is 2.28. The van der Waals surface area contributed by atoms with E-state index in [1.54, 1.807) is 17.7 Å². The van der Waals surface area contributed by atoms with Crippen LogP contribution in [0.25, 0.3) is 0 Å². The summed E-state index contributed by atoms with van der Waals surface area (Å²) in [5.74, 6) is 0. The molecule has 1 aliphatic carbocycles. The van der Waals surface area contributed by atoms with Gasteiger partial charge in [0.25, 0.3) is 10.0 Å². The lowest BCUT2D eigenvalue weighted by atomic mass is 10.1. The normalized spacial score (nSPS) is 18.1. The molecular formula is C13H16N4O2S. The van der Waals surface area contributed by atoms with Crippen molar-refractivity contribution in [2.24, 2.45) is 7.05 Å². The van der Waals surface area contributed by atoms with Gasteiger partial charge < -0.3 is 10.3 Å². The van der Waals surface area contributed by atoms with Gasteiger partial charge in [0.05, 0.1) is 6.33 Å². The SMILES string of the molecule is Cn1cnc(S(=O)(=O)NC2CCc3cc(N)ccc32)c1. The molecule has 6 nitrogen and oxygen atoms in total. The van der Waals surface area contributed by atoms with Gasteiger partial charge in [-0.15, -0.1) is 0 Å². The van der Waals surface area contributed by atoms with Crippen molar-refractivity contribution >= 4 is 15.7 Å². The number of rotatable bonds is 3. The van der Waals surface area contributed by atoms with Gasteiger partial charge in [0.1, 0.15) is 0 Å². The number of aromatic nitrogens is 2. The van der Waals surface area contributed by atoms with E-state index in [0.29, 0.717) is 5.69 Å². The quantitative estimate of drug-likeness (QED) is 0.825. The molecule has 0 saturated heterocycles. The molecule has 3 N–H and O–H groups in total. The monoisotopic (exact) mass is 292 g/mol. The largest absolute Gasteiger partial charge is 0.399 e. The van der Waals surface area contributed by atoms with Crippen LogP contribution in [0.3, 0.4) is 0 Å². The number of sulfonamides is 1. The summed E-state index contributed by atoms with van der Waals surface area (Å²) in [6.07, 6.45) is 4.53. The predicted molar refractivity (Wildman–Crippen MR) is 75.4 cm³/mol. The molecule has 3 rings (SSSR count). The summed E-state index contributed by atoms with van der Waals surface area (Å²) in [5.41, 5.74) is 8.56. The van der Waals surface area contributed by atoms with Gasteiger partial charge in [-0.1, -0.05) is 6.07 Å². The van der Waals surface area contributed by atoms with Crippen LogP contribution >= 0.6 is 0 Å². The molecule has 0 fully saturated rings. The first kappa shape index (κ1) is 13.1. The molecule has 1 aromatic heterocycles. The summed E-state index contributed by atoms with van der Waals surface area (Å²) in [7, 11) is -1.85. The summed E-state index contributed by atoms with van der Waals surface area (Å²) in [4.78, 5) is 3.89. The molecule has 0 saturated carbocycles. The van der Waals surface area contributed by atoms with E-state index >= 15 is 0 Å². The maximum Gasteiger partial charge on any atom is 0.260 e. The summed E-state index contributed by atoms with van der Waals surface area (Å²) in [6, 6.07) is 5.39. The van der Waals surface area contributed by atoms with E-state index in [4.69, 9.17) is 5.73 Å². The third-order valence-electron chi connectivity index (χ3n) is 3.50. The molecule has 7 heteroatoms. The van der Waals surface area contributed by atoms with E-state index in [-0.39, 0.29) is 11.1 Å². The standard InChI is InChI=1S/C13H16N4O2S/c1-17-7-13(15-8-17)20(18,19)16-12-5-2-9-6-10(14)3-4-11(9)12/h3-4,6-8,12,16H,2,5,14H2,1H3. The molecule has 1 atom stereocenters. The Hall–Kier alpha value is -1.86. The fourth-order valence-corrected chi connectivity index (χ4v) is 3.77. The van der Waals surface area contributed by atoms with E-state index in [1.165, 1.54) is 12.5 Å². The molecule has 0 spiro atoms. The van der Waals surface area contributed by atoms with Gasteiger partial charge in [0, 0.05) is 25.0 Å².